The number of aromatic carboxylic acids is 1. The highest BCUT2D eigenvalue weighted by Gasteiger charge is 2.16. The first-order valence-corrected chi connectivity index (χ1v) is 10.5. The molecule has 0 saturated heterocycles. The first kappa shape index (κ1) is 20.7. The average molecular weight is 415 g/mol. The second-order valence-electron chi connectivity index (χ2n) is 7.67. The van der Waals surface area contributed by atoms with E-state index in [9.17, 15) is 9.90 Å². The van der Waals surface area contributed by atoms with Gasteiger partial charge in [-0.25, -0.2) is 9.78 Å². The summed E-state index contributed by atoms with van der Waals surface area (Å²) in [5.74, 6) is 0.885. The number of aryl methyl sites for hydroxylation is 2. The minimum absolute atomic E-state index is 0.305. The molecule has 1 N–H and O–H groups in total. The Hall–Kier alpha value is -3.60. The Morgan fingerprint density at radius 3 is 2.58 bits per heavy atom. The van der Waals surface area contributed by atoms with Crippen LogP contribution >= 0.6 is 0 Å². The number of hydrogen-bond acceptors (Lipinski definition) is 3. The minimum atomic E-state index is -0.923. The van der Waals surface area contributed by atoms with E-state index < -0.39 is 5.97 Å². The summed E-state index contributed by atoms with van der Waals surface area (Å²) in [7, 11) is 1.67. The molecule has 0 unspecified atom stereocenters. The van der Waals surface area contributed by atoms with Gasteiger partial charge in [-0.15, -0.1) is 0 Å². The summed E-state index contributed by atoms with van der Waals surface area (Å²) in [6, 6.07) is 19.2. The fraction of sp³-hybridized carbons (Fsp3) is 0.231. The Kier molecular flexibility index (Phi) is 5.76. The summed E-state index contributed by atoms with van der Waals surface area (Å²) in [4.78, 5) is 16.6. The van der Waals surface area contributed by atoms with Crippen LogP contribution < -0.4 is 4.74 Å². The molecule has 0 amide bonds. The maximum Gasteiger partial charge on any atom is 0.336 e. The van der Waals surface area contributed by atoms with Gasteiger partial charge in [0.15, 0.2) is 0 Å². The number of ether oxygens (including phenoxy) is 1. The van der Waals surface area contributed by atoms with Crippen molar-refractivity contribution in [1.82, 2.24) is 9.55 Å². The highest BCUT2D eigenvalue weighted by atomic mass is 16.5. The van der Waals surface area contributed by atoms with E-state index in [0.717, 1.165) is 64.2 Å². The van der Waals surface area contributed by atoms with E-state index in [4.69, 9.17) is 9.72 Å². The van der Waals surface area contributed by atoms with Crippen LogP contribution in [0.5, 0.6) is 5.75 Å². The molecule has 0 radical (unpaired) electrons. The number of benzene rings is 3. The lowest BCUT2D eigenvalue weighted by Crippen LogP contribution is -2.03. The Morgan fingerprint density at radius 1 is 1.06 bits per heavy atom. The van der Waals surface area contributed by atoms with Gasteiger partial charge in [-0.3, -0.25) is 4.57 Å². The van der Waals surface area contributed by atoms with Crippen LogP contribution in [0.25, 0.3) is 27.8 Å². The summed E-state index contributed by atoms with van der Waals surface area (Å²) in [6.45, 7) is 4.19. The second kappa shape index (κ2) is 8.64. The zero-order chi connectivity index (χ0) is 22.0. The van der Waals surface area contributed by atoms with Gasteiger partial charge in [-0.05, 0) is 60.4 Å². The fourth-order valence-electron chi connectivity index (χ4n) is 4.02. The Balaban J connectivity index is 1.87. The monoisotopic (exact) mass is 414 g/mol. The maximum atomic E-state index is 11.7. The zero-order valence-electron chi connectivity index (χ0n) is 18.1. The molecule has 0 fully saturated rings. The van der Waals surface area contributed by atoms with Crippen LogP contribution in [0.1, 0.15) is 41.5 Å². The van der Waals surface area contributed by atoms with Crippen LogP contribution in [0.2, 0.25) is 0 Å². The van der Waals surface area contributed by atoms with Crippen molar-refractivity contribution in [3.63, 3.8) is 0 Å². The van der Waals surface area contributed by atoms with Gasteiger partial charge in [-0.1, -0.05) is 37.6 Å². The van der Waals surface area contributed by atoms with Gasteiger partial charge in [0.2, 0.25) is 0 Å². The minimum Gasteiger partial charge on any atom is -0.497 e. The highest BCUT2D eigenvalue weighted by Crippen LogP contribution is 2.31. The summed E-state index contributed by atoms with van der Waals surface area (Å²) < 4.78 is 7.63. The number of unbranched alkanes of at least 4 members (excludes halogenated alkanes) is 1. The zero-order valence-corrected chi connectivity index (χ0v) is 18.1. The van der Waals surface area contributed by atoms with Crippen molar-refractivity contribution < 1.29 is 14.6 Å². The molecule has 0 spiro atoms. The third-order valence-corrected chi connectivity index (χ3v) is 5.60. The van der Waals surface area contributed by atoms with Crippen molar-refractivity contribution in [2.45, 2.75) is 33.1 Å². The Labute approximate surface area is 181 Å². The van der Waals surface area contributed by atoms with E-state index in [2.05, 4.69) is 17.6 Å². The van der Waals surface area contributed by atoms with Crippen molar-refractivity contribution in [1.29, 1.82) is 0 Å². The van der Waals surface area contributed by atoms with E-state index in [1.165, 1.54) is 0 Å². The fourth-order valence-corrected chi connectivity index (χ4v) is 4.02. The van der Waals surface area contributed by atoms with Gasteiger partial charge in [0.05, 0.1) is 23.7 Å². The van der Waals surface area contributed by atoms with Crippen molar-refractivity contribution in [2.24, 2.45) is 0 Å². The van der Waals surface area contributed by atoms with Crippen molar-refractivity contribution in [3.8, 4) is 22.6 Å². The molecule has 0 aliphatic carbocycles. The molecule has 0 aliphatic rings. The molecule has 0 bridgehead atoms. The van der Waals surface area contributed by atoms with Crippen LogP contribution in [0, 0.1) is 6.92 Å². The average Bonchev–Trinajstić information content (AvgIpc) is 3.14. The van der Waals surface area contributed by atoms with Crippen LogP contribution in [-0.2, 0) is 6.42 Å². The van der Waals surface area contributed by atoms with Crippen LogP contribution in [0.15, 0.2) is 60.7 Å². The number of fused-ring (bicyclic) bond motifs is 1. The third-order valence-electron chi connectivity index (χ3n) is 5.60. The number of aromatic nitrogens is 2. The Bertz CT molecular complexity index is 1260. The number of hydrogen-bond donors (Lipinski definition) is 1. The predicted molar refractivity (Wildman–Crippen MR) is 123 cm³/mol. The number of carbonyl (C=O) groups is 1. The molecule has 0 saturated carbocycles. The van der Waals surface area contributed by atoms with Crippen LogP contribution in [-0.4, -0.2) is 27.7 Å². The van der Waals surface area contributed by atoms with Gasteiger partial charge >= 0.3 is 5.97 Å². The van der Waals surface area contributed by atoms with Crippen LogP contribution in [0.4, 0.5) is 0 Å². The molecule has 0 aliphatic heterocycles. The third kappa shape index (κ3) is 3.91. The first-order chi connectivity index (χ1) is 15.0. The van der Waals surface area contributed by atoms with Crippen LogP contribution in [0.3, 0.4) is 0 Å². The number of imidazole rings is 1. The molecule has 5 nitrogen and oxygen atoms in total. The lowest BCUT2D eigenvalue weighted by atomic mass is 9.95. The predicted octanol–water partition coefficient (Wildman–Crippen LogP) is 6.05. The van der Waals surface area contributed by atoms with E-state index in [1.54, 1.807) is 19.2 Å². The number of carboxylic acids is 1. The van der Waals surface area contributed by atoms with Gasteiger partial charge < -0.3 is 9.84 Å². The van der Waals surface area contributed by atoms with Gasteiger partial charge in [0.25, 0.3) is 0 Å². The topological polar surface area (TPSA) is 64.4 Å². The second-order valence-corrected chi connectivity index (χ2v) is 7.67. The molecule has 1 aromatic heterocycles. The van der Waals surface area contributed by atoms with Gasteiger partial charge in [-0.2, -0.15) is 0 Å². The molecule has 3 aromatic carbocycles. The summed E-state index contributed by atoms with van der Waals surface area (Å²) in [5, 5.41) is 9.58. The normalized spacial score (nSPS) is 11.1. The molecule has 5 heteroatoms. The number of rotatable bonds is 7. The van der Waals surface area contributed by atoms with Gasteiger partial charge in [0, 0.05) is 18.2 Å². The molecule has 0 atom stereocenters. The molecule has 4 rings (SSSR count). The Morgan fingerprint density at radius 2 is 1.87 bits per heavy atom. The highest BCUT2D eigenvalue weighted by molar-refractivity contribution is 5.96. The van der Waals surface area contributed by atoms with E-state index >= 15 is 0 Å². The SMILES string of the molecule is CCCCc1nc2ccc(OC)cc2n1-c1ccc(-c2ccccc2C(=O)O)c(C)c1. The van der Waals surface area contributed by atoms with E-state index in [1.807, 2.05) is 49.4 Å². The largest absolute Gasteiger partial charge is 0.497 e. The summed E-state index contributed by atoms with van der Waals surface area (Å²) >= 11 is 0. The summed E-state index contributed by atoms with van der Waals surface area (Å²) in [5.41, 5.74) is 5.91. The number of carboxylic acid groups (broad SMARTS) is 1. The smallest absolute Gasteiger partial charge is 0.336 e. The van der Waals surface area contributed by atoms with Crippen molar-refractivity contribution in [2.75, 3.05) is 7.11 Å². The van der Waals surface area contributed by atoms with Crippen molar-refractivity contribution in [3.05, 3.63) is 77.6 Å². The number of nitrogens with zero attached hydrogens (tertiary/aromatic N) is 2. The lowest BCUT2D eigenvalue weighted by molar-refractivity contribution is 0.0697. The standard InChI is InChI=1S/C26H26N2O3/c1-4-5-10-25-27-23-14-12-19(31-3)16-24(23)28(25)18-11-13-20(17(2)15-18)21-8-6-7-9-22(21)26(29)30/h6-9,11-16H,4-5,10H2,1-3H3,(H,29,30). The molecule has 1 heterocycles. The first-order valence-electron chi connectivity index (χ1n) is 10.5. The molecule has 158 valence electrons. The molecular weight excluding hydrogens is 388 g/mol. The number of methoxy groups -OCH3 is 1. The molecular formula is C26H26N2O3. The lowest BCUT2D eigenvalue weighted by Gasteiger charge is -2.14. The molecule has 31 heavy (non-hydrogen) atoms. The summed E-state index contributed by atoms with van der Waals surface area (Å²) in [6.07, 6.45) is 3.04. The van der Waals surface area contributed by atoms with E-state index in [0.29, 0.717) is 5.56 Å². The maximum absolute atomic E-state index is 11.7. The molecule has 4 aromatic rings. The van der Waals surface area contributed by atoms with Crippen molar-refractivity contribution >= 4 is 17.0 Å². The quantitative estimate of drug-likeness (QED) is 0.400. The van der Waals surface area contributed by atoms with Gasteiger partial charge in [0.1, 0.15) is 11.6 Å². The van der Waals surface area contributed by atoms with E-state index in [-0.39, 0.29) is 0 Å².